The Kier molecular flexibility index (Phi) is 6.47. The van der Waals surface area contributed by atoms with E-state index in [-0.39, 0.29) is 23.7 Å². The van der Waals surface area contributed by atoms with Gasteiger partial charge < -0.3 is 10.2 Å². The second-order valence-corrected chi connectivity index (χ2v) is 8.03. The maximum atomic E-state index is 13.7. The molecule has 0 unspecified atom stereocenters. The van der Waals surface area contributed by atoms with Gasteiger partial charge in [0.25, 0.3) is 0 Å². The first kappa shape index (κ1) is 21.2. The van der Waals surface area contributed by atoms with Crippen LogP contribution in [0.5, 0.6) is 0 Å². The summed E-state index contributed by atoms with van der Waals surface area (Å²) in [4.78, 5) is 26.2. The predicted molar refractivity (Wildman–Crippen MR) is 114 cm³/mol. The van der Waals surface area contributed by atoms with E-state index in [1.165, 1.54) is 6.07 Å². The fourth-order valence-electron chi connectivity index (χ4n) is 3.42. The number of anilines is 2. The number of benzene rings is 1. The summed E-state index contributed by atoms with van der Waals surface area (Å²) in [5.74, 6) is 1.66. The SMILES string of the molecule is Cc1cc(N2CCN([C@H](C)C(=O)Nc3ccc(C)c(F)c3)CC2)nc(C(C)C)n1. The number of halogens is 1. The van der Waals surface area contributed by atoms with Crippen LogP contribution in [0.4, 0.5) is 15.9 Å². The molecule has 7 heteroatoms. The van der Waals surface area contributed by atoms with E-state index in [2.05, 4.69) is 33.9 Å². The molecule has 1 saturated heterocycles. The summed E-state index contributed by atoms with van der Waals surface area (Å²) in [5.41, 5.74) is 2.02. The summed E-state index contributed by atoms with van der Waals surface area (Å²) in [6.45, 7) is 12.9. The van der Waals surface area contributed by atoms with Crippen LogP contribution in [0.3, 0.4) is 0 Å². The molecule has 1 atom stereocenters. The van der Waals surface area contributed by atoms with Gasteiger partial charge in [-0.15, -0.1) is 0 Å². The number of nitrogens with one attached hydrogen (secondary N) is 1. The Hall–Kier alpha value is -2.54. The molecule has 0 bridgehead atoms. The van der Waals surface area contributed by atoms with Crippen molar-refractivity contribution in [2.24, 2.45) is 0 Å². The number of aryl methyl sites for hydroxylation is 2. The van der Waals surface area contributed by atoms with Crippen molar-refractivity contribution in [2.75, 3.05) is 36.4 Å². The van der Waals surface area contributed by atoms with Gasteiger partial charge in [-0.1, -0.05) is 19.9 Å². The van der Waals surface area contributed by atoms with Crippen molar-refractivity contribution in [3.63, 3.8) is 0 Å². The highest BCUT2D eigenvalue weighted by atomic mass is 19.1. The Morgan fingerprint density at radius 1 is 1.07 bits per heavy atom. The van der Waals surface area contributed by atoms with Crippen LogP contribution in [0, 0.1) is 19.7 Å². The number of aromatic nitrogens is 2. The predicted octanol–water partition coefficient (Wildman–Crippen LogP) is 3.51. The number of carbonyl (C=O) groups excluding carboxylic acids is 1. The van der Waals surface area contributed by atoms with Crippen LogP contribution in [-0.2, 0) is 4.79 Å². The molecule has 6 nitrogen and oxygen atoms in total. The van der Waals surface area contributed by atoms with Gasteiger partial charge in [-0.25, -0.2) is 14.4 Å². The zero-order valence-corrected chi connectivity index (χ0v) is 17.9. The molecular weight excluding hydrogens is 369 g/mol. The van der Waals surface area contributed by atoms with E-state index < -0.39 is 0 Å². The molecule has 2 heterocycles. The number of carbonyl (C=O) groups is 1. The highest BCUT2D eigenvalue weighted by Crippen LogP contribution is 2.20. The molecule has 1 aliphatic rings. The van der Waals surface area contributed by atoms with Crippen LogP contribution in [0.2, 0.25) is 0 Å². The normalized spacial score (nSPS) is 16.2. The fourth-order valence-corrected chi connectivity index (χ4v) is 3.42. The largest absolute Gasteiger partial charge is 0.354 e. The molecule has 29 heavy (non-hydrogen) atoms. The zero-order chi connectivity index (χ0) is 21.1. The summed E-state index contributed by atoms with van der Waals surface area (Å²) < 4.78 is 13.7. The van der Waals surface area contributed by atoms with Gasteiger partial charge in [0, 0.05) is 49.5 Å². The van der Waals surface area contributed by atoms with Gasteiger partial charge in [0.2, 0.25) is 5.91 Å². The number of piperazine rings is 1. The summed E-state index contributed by atoms with van der Waals surface area (Å²) in [5, 5.41) is 2.82. The molecule has 0 radical (unpaired) electrons. The number of amides is 1. The third-order valence-corrected chi connectivity index (χ3v) is 5.38. The average Bonchev–Trinajstić information content (AvgIpc) is 2.69. The quantitative estimate of drug-likeness (QED) is 0.834. The maximum absolute atomic E-state index is 13.7. The summed E-state index contributed by atoms with van der Waals surface area (Å²) in [6, 6.07) is 6.49. The van der Waals surface area contributed by atoms with Crippen LogP contribution in [-0.4, -0.2) is 53.0 Å². The van der Waals surface area contributed by atoms with E-state index in [9.17, 15) is 9.18 Å². The summed E-state index contributed by atoms with van der Waals surface area (Å²) in [7, 11) is 0. The molecule has 3 rings (SSSR count). The van der Waals surface area contributed by atoms with Gasteiger partial charge in [-0.05, 0) is 38.5 Å². The molecule has 156 valence electrons. The van der Waals surface area contributed by atoms with Crippen molar-refractivity contribution in [1.29, 1.82) is 0 Å². The van der Waals surface area contributed by atoms with Crippen molar-refractivity contribution in [3.05, 3.63) is 47.2 Å². The minimum Gasteiger partial charge on any atom is -0.354 e. The number of nitrogens with zero attached hydrogens (tertiary/aromatic N) is 4. The molecular formula is C22H30FN5O. The maximum Gasteiger partial charge on any atom is 0.241 e. The number of rotatable bonds is 5. The van der Waals surface area contributed by atoms with E-state index in [0.717, 1.165) is 43.5 Å². The van der Waals surface area contributed by atoms with Crippen molar-refractivity contribution >= 4 is 17.4 Å². The smallest absolute Gasteiger partial charge is 0.241 e. The van der Waals surface area contributed by atoms with Gasteiger partial charge in [0.15, 0.2) is 0 Å². The fraction of sp³-hybridized carbons (Fsp3) is 0.500. The molecule has 1 aliphatic heterocycles. The monoisotopic (exact) mass is 399 g/mol. The van der Waals surface area contributed by atoms with Crippen LogP contribution in [0.25, 0.3) is 0 Å². The zero-order valence-electron chi connectivity index (χ0n) is 17.9. The molecule has 1 N–H and O–H groups in total. The Balaban J connectivity index is 1.59. The van der Waals surface area contributed by atoms with Crippen molar-refractivity contribution < 1.29 is 9.18 Å². The minimum absolute atomic E-state index is 0.123. The van der Waals surface area contributed by atoms with Gasteiger partial charge in [0.05, 0.1) is 6.04 Å². The first-order chi connectivity index (χ1) is 13.7. The molecule has 2 aromatic rings. The van der Waals surface area contributed by atoms with Crippen LogP contribution in [0.15, 0.2) is 24.3 Å². The Bertz CT molecular complexity index is 878. The van der Waals surface area contributed by atoms with E-state index >= 15 is 0 Å². The molecule has 1 amide bonds. The highest BCUT2D eigenvalue weighted by molar-refractivity contribution is 5.94. The third-order valence-electron chi connectivity index (χ3n) is 5.38. The lowest BCUT2D eigenvalue weighted by Gasteiger charge is -2.38. The Labute approximate surface area is 172 Å². The van der Waals surface area contributed by atoms with Crippen LogP contribution >= 0.6 is 0 Å². The Morgan fingerprint density at radius 2 is 1.76 bits per heavy atom. The lowest BCUT2D eigenvalue weighted by Crippen LogP contribution is -2.53. The molecule has 0 saturated carbocycles. The molecule has 0 spiro atoms. The van der Waals surface area contributed by atoms with Gasteiger partial charge >= 0.3 is 0 Å². The topological polar surface area (TPSA) is 61.4 Å². The number of hydrogen-bond acceptors (Lipinski definition) is 5. The van der Waals surface area contributed by atoms with E-state index in [1.807, 2.05) is 19.9 Å². The average molecular weight is 400 g/mol. The third kappa shape index (κ3) is 5.09. The molecule has 0 aliphatic carbocycles. The van der Waals surface area contributed by atoms with E-state index in [4.69, 9.17) is 4.98 Å². The standard InChI is InChI=1S/C22H30FN5O/c1-14(2)21-24-16(4)12-20(26-21)28-10-8-27(9-11-28)17(5)22(29)25-18-7-6-15(3)19(23)13-18/h6-7,12-14,17H,8-11H2,1-5H3,(H,25,29)/t17-/m1/s1. The lowest BCUT2D eigenvalue weighted by molar-refractivity contribution is -0.120. The number of hydrogen-bond donors (Lipinski definition) is 1. The summed E-state index contributed by atoms with van der Waals surface area (Å²) in [6.07, 6.45) is 0. The van der Waals surface area contributed by atoms with Crippen LogP contribution in [0.1, 0.15) is 43.8 Å². The van der Waals surface area contributed by atoms with E-state index in [1.54, 1.807) is 19.1 Å². The lowest BCUT2D eigenvalue weighted by atomic mass is 10.1. The summed E-state index contributed by atoms with van der Waals surface area (Å²) >= 11 is 0. The molecule has 1 aromatic heterocycles. The van der Waals surface area contributed by atoms with Crippen LogP contribution < -0.4 is 10.2 Å². The van der Waals surface area contributed by atoms with Crippen molar-refractivity contribution in [2.45, 2.75) is 46.6 Å². The van der Waals surface area contributed by atoms with Gasteiger partial charge in [-0.2, -0.15) is 0 Å². The first-order valence-corrected chi connectivity index (χ1v) is 10.2. The van der Waals surface area contributed by atoms with Crippen molar-refractivity contribution in [3.8, 4) is 0 Å². The minimum atomic E-state index is -0.315. The van der Waals surface area contributed by atoms with E-state index in [0.29, 0.717) is 11.3 Å². The first-order valence-electron chi connectivity index (χ1n) is 10.2. The van der Waals surface area contributed by atoms with Gasteiger partial charge in [0.1, 0.15) is 17.5 Å². The highest BCUT2D eigenvalue weighted by Gasteiger charge is 2.26. The molecule has 1 fully saturated rings. The Morgan fingerprint density at radius 3 is 2.38 bits per heavy atom. The van der Waals surface area contributed by atoms with Gasteiger partial charge in [-0.3, -0.25) is 9.69 Å². The second kappa shape index (κ2) is 8.86. The second-order valence-electron chi connectivity index (χ2n) is 8.03. The van der Waals surface area contributed by atoms with Crippen molar-refractivity contribution in [1.82, 2.24) is 14.9 Å². The molecule has 1 aromatic carbocycles.